The van der Waals surface area contributed by atoms with Crippen LogP contribution in [0.1, 0.15) is 87.8 Å². The SMILES string of the molecule is CC(C)(C)c1ccc2c(c1)c1c(N(c3ccccc3)c3ccc4c(c3)CCC4)ccc3c4cc5c(cc4n2c31)c1ccc(N(c2ccccc2)c2ccc3c(c2)CCC3)c2c3cc(C(C)(C)C)ccc3n5c12. The second-order valence-electron chi connectivity index (χ2n) is 23.2. The molecular weight excluding hydrogens is 873 g/mol. The lowest BCUT2D eigenvalue weighted by atomic mass is 9.86. The van der Waals surface area contributed by atoms with Gasteiger partial charge in [0.1, 0.15) is 0 Å². The van der Waals surface area contributed by atoms with E-state index in [1.165, 1.54) is 169 Å². The molecule has 0 aliphatic heterocycles. The highest BCUT2D eigenvalue weighted by Crippen LogP contribution is 2.52. The Morgan fingerprint density at radius 1 is 0.333 bits per heavy atom. The van der Waals surface area contributed by atoms with E-state index in [4.69, 9.17) is 0 Å². The lowest BCUT2D eigenvalue weighted by molar-refractivity contribution is 0.591. The summed E-state index contributed by atoms with van der Waals surface area (Å²) in [6.07, 6.45) is 7.06. The molecule has 4 aromatic heterocycles. The number of fused-ring (bicyclic) bond motifs is 14. The third kappa shape index (κ3) is 5.93. The van der Waals surface area contributed by atoms with Crippen molar-refractivity contribution in [3.63, 3.8) is 0 Å². The number of benzene rings is 9. The maximum atomic E-state index is 2.61. The number of hydrogen-bond acceptors (Lipinski definition) is 2. The minimum atomic E-state index is -0.0135. The van der Waals surface area contributed by atoms with Crippen LogP contribution < -0.4 is 9.80 Å². The fourth-order valence-corrected chi connectivity index (χ4v) is 13.3. The molecule has 0 saturated heterocycles. The molecule has 0 bridgehead atoms. The van der Waals surface area contributed by atoms with E-state index in [-0.39, 0.29) is 10.8 Å². The molecule has 9 aromatic carbocycles. The molecule has 0 spiro atoms. The van der Waals surface area contributed by atoms with E-state index in [2.05, 4.69) is 230 Å². The van der Waals surface area contributed by atoms with Gasteiger partial charge < -0.3 is 18.6 Å². The predicted molar refractivity (Wildman–Crippen MR) is 307 cm³/mol. The third-order valence-corrected chi connectivity index (χ3v) is 16.9. The fourth-order valence-electron chi connectivity index (χ4n) is 13.3. The van der Waals surface area contributed by atoms with Gasteiger partial charge in [-0.15, -0.1) is 0 Å². The summed E-state index contributed by atoms with van der Waals surface area (Å²) in [7, 11) is 0. The van der Waals surface area contributed by atoms with Gasteiger partial charge in [-0.3, -0.25) is 0 Å². The summed E-state index contributed by atoms with van der Waals surface area (Å²) in [6, 6.07) is 65.8. The Balaban J connectivity index is 1.05. The summed E-state index contributed by atoms with van der Waals surface area (Å²) in [5.74, 6) is 0. The van der Waals surface area contributed by atoms with E-state index in [0.717, 1.165) is 12.8 Å². The van der Waals surface area contributed by atoms with Crippen molar-refractivity contribution in [2.24, 2.45) is 0 Å². The molecule has 0 amide bonds. The monoisotopic (exact) mass is 930 g/mol. The van der Waals surface area contributed by atoms with Crippen molar-refractivity contribution in [3.8, 4) is 0 Å². The number of aromatic nitrogens is 2. The average Bonchev–Trinajstić information content (AvgIpc) is 4.26. The van der Waals surface area contributed by atoms with Gasteiger partial charge in [0, 0.05) is 65.8 Å². The van der Waals surface area contributed by atoms with Crippen molar-refractivity contribution in [3.05, 3.63) is 203 Å². The molecule has 0 N–H and O–H groups in total. The average molecular weight is 931 g/mol. The molecule has 0 saturated carbocycles. The maximum absolute atomic E-state index is 2.61. The molecule has 0 unspecified atom stereocenters. The van der Waals surface area contributed by atoms with Gasteiger partial charge >= 0.3 is 0 Å². The smallest absolute Gasteiger partial charge is 0.0641 e. The van der Waals surface area contributed by atoms with Gasteiger partial charge in [-0.1, -0.05) is 114 Å². The molecule has 15 rings (SSSR count). The molecule has 0 atom stereocenters. The van der Waals surface area contributed by atoms with Gasteiger partial charge in [-0.25, -0.2) is 0 Å². The standard InChI is InChI=1S/C68H58N4/c1-67(2,3)45-25-31-57-55(37-45)63-59(69(47-19-9-7-10-20-47)49-27-23-41-15-13-17-43(41)35-49)33-29-51-53-40-62-54(39-61(53)71(57)65(51)63)52-30-34-60(64-56-38-46(68(4,5)6)26-32-58(56)72(62)66(52)64)70(48-21-11-8-12-22-48)50-28-24-42-16-14-18-44(42)36-50/h7-12,19-40H,13-18H2,1-6H3. The van der Waals surface area contributed by atoms with E-state index in [9.17, 15) is 0 Å². The molecule has 0 fully saturated rings. The van der Waals surface area contributed by atoms with E-state index >= 15 is 0 Å². The Labute approximate surface area is 421 Å². The van der Waals surface area contributed by atoms with Crippen LogP contribution in [-0.4, -0.2) is 8.80 Å². The Morgan fingerprint density at radius 2 is 0.750 bits per heavy atom. The quantitative estimate of drug-likeness (QED) is 0.165. The van der Waals surface area contributed by atoms with E-state index in [1.54, 1.807) is 0 Å². The molecule has 2 aliphatic rings. The predicted octanol–water partition coefficient (Wildman–Crippen LogP) is 18.5. The van der Waals surface area contributed by atoms with E-state index < -0.39 is 0 Å². The highest BCUT2D eigenvalue weighted by molar-refractivity contribution is 6.32. The molecular formula is C68H58N4. The third-order valence-electron chi connectivity index (χ3n) is 16.9. The van der Waals surface area contributed by atoms with Crippen molar-refractivity contribution in [1.82, 2.24) is 8.80 Å². The summed E-state index contributed by atoms with van der Waals surface area (Å²) in [6.45, 7) is 14.0. The summed E-state index contributed by atoms with van der Waals surface area (Å²) >= 11 is 0. The van der Waals surface area contributed by atoms with Crippen LogP contribution in [0.4, 0.5) is 34.1 Å². The normalized spacial score (nSPS) is 14.2. The summed E-state index contributed by atoms with van der Waals surface area (Å²) in [5.41, 5.74) is 23.4. The molecule has 4 nitrogen and oxygen atoms in total. The Morgan fingerprint density at radius 3 is 1.17 bits per heavy atom. The highest BCUT2D eigenvalue weighted by Gasteiger charge is 2.30. The van der Waals surface area contributed by atoms with Crippen molar-refractivity contribution in [1.29, 1.82) is 0 Å². The Hall–Kier alpha value is -7.82. The van der Waals surface area contributed by atoms with Gasteiger partial charge in [-0.05, 0) is 180 Å². The zero-order chi connectivity index (χ0) is 48.4. The minimum absolute atomic E-state index is 0.0135. The molecule has 4 heteroatoms. The largest absolute Gasteiger partial charge is 0.310 e. The Kier molecular flexibility index (Phi) is 8.66. The number of anilines is 6. The van der Waals surface area contributed by atoms with Crippen molar-refractivity contribution >= 4 is 110 Å². The van der Waals surface area contributed by atoms with Crippen molar-refractivity contribution in [2.75, 3.05) is 9.80 Å². The highest BCUT2D eigenvalue weighted by atomic mass is 15.2. The minimum Gasteiger partial charge on any atom is -0.310 e. The summed E-state index contributed by atoms with van der Waals surface area (Å²) in [4.78, 5) is 5.05. The van der Waals surface area contributed by atoms with E-state index in [0.29, 0.717) is 0 Å². The summed E-state index contributed by atoms with van der Waals surface area (Å²) in [5, 5.41) is 10.3. The number of hydrogen-bond donors (Lipinski definition) is 0. The molecule has 4 heterocycles. The van der Waals surface area contributed by atoms with Gasteiger partial charge in [0.2, 0.25) is 0 Å². The van der Waals surface area contributed by atoms with Gasteiger partial charge in [-0.2, -0.15) is 0 Å². The fraction of sp³-hybridized carbons (Fsp3) is 0.206. The van der Waals surface area contributed by atoms with Crippen LogP contribution >= 0.6 is 0 Å². The zero-order valence-electron chi connectivity index (χ0n) is 42.2. The molecule has 2 aliphatic carbocycles. The zero-order valence-corrected chi connectivity index (χ0v) is 42.2. The molecule has 0 radical (unpaired) electrons. The Bertz CT molecular complexity index is 4060. The van der Waals surface area contributed by atoms with Crippen LogP contribution in [0.5, 0.6) is 0 Å². The second kappa shape index (κ2) is 14.9. The number of nitrogens with zero attached hydrogens (tertiary/aromatic N) is 4. The lowest BCUT2D eigenvalue weighted by Crippen LogP contribution is -2.11. The van der Waals surface area contributed by atoms with Crippen LogP contribution in [0.2, 0.25) is 0 Å². The molecule has 72 heavy (non-hydrogen) atoms. The van der Waals surface area contributed by atoms with Crippen LogP contribution in [-0.2, 0) is 36.5 Å². The molecule has 13 aromatic rings. The first-order valence-electron chi connectivity index (χ1n) is 26.3. The first-order chi connectivity index (χ1) is 35.0. The van der Waals surface area contributed by atoms with Crippen molar-refractivity contribution in [2.45, 2.75) is 90.9 Å². The number of rotatable bonds is 6. The second-order valence-corrected chi connectivity index (χ2v) is 23.2. The maximum Gasteiger partial charge on any atom is 0.0641 e. The summed E-state index contributed by atoms with van der Waals surface area (Å²) < 4.78 is 5.21. The number of para-hydroxylation sites is 2. The molecule has 350 valence electrons. The van der Waals surface area contributed by atoms with E-state index in [1.807, 2.05) is 0 Å². The van der Waals surface area contributed by atoms with Crippen molar-refractivity contribution < 1.29 is 0 Å². The van der Waals surface area contributed by atoms with Crippen LogP contribution in [0.15, 0.2) is 170 Å². The van der Waals surface area contributed by atoms with Crippen LogP contribution in [0.25, 0.3) is 76.2 Å². The van der Waals surface area contributed by atoms with Gasteiger partial charge in [0.25, 0.3) is 0 Å². The van der Waals surface area contributed by atoms with Gasteiger partial charge in [0.05, 0.1) is 44.5 Å². The van der Waals surface area contributed by atoms with Crippen LogP contribution in [0, 0.1) is 0 Å². The first kappa shape index (κ1) is 41.9. The van der Waals surface area contributed by atoms with Crippen LogP contribution in [0.3, 0.4) is 0 Å². The topological polar surface area (TPSA) is 15.3 Å². The lowest BCUT2D eigenvalue weighted by Gasteiger charge is -2.27. The number of aryl methyl sites for hydroxylation is 4. The van der Waals surface area contributed by atoms with Gasteiger partial charge in [0.15, 0.2) is 0 Å². The first-order valence-corrected chi connectivity index (χ1v) is 26.3.